The van der Waals surface area contributed by atoms with E-state index in [1.54, 1.807) is 18.0 Å². The SMILES string of the molecule is CCC(CC)C(=O)N1CCN(C(=O)c2ccc3c(c2)CCC(=O)N3C)CC1. The Balaban J connectivity index is 1.65. The van der Waals surface area contributed by atoms with Crippen molar-refractivity contribution < 1.29 is 14.4 Å². The molecule has 6 heteroatoms. The quantitative estimate of drug-likeness (QED) is 0.816. The molecule has 0 radical (unpaired) electrons. The second-order valence-electron chi connectivity index (χ2n) is 7.43. The predicted molar refractivity (Wildman–Crippen MR) is 105 cm³/mol. The Morgan fingerprint density at radius 3 is 2.26 bits per heavy atom. The molecule has 0 saturated carbocycles. The Kier molecular flexibility index (Phi) is 5.82. The molecule has 27 heavy (non-hydrogen) atoms. The smallest absolute Gasteiger partial charge is 0.253 e. The van der Waals surface area contributed by atoms with Gasteiger partial charge in [0.25, 0.3) is 5.91 Å². The third-order valence-electron chi connectivity index (χ3n) is 5.88. The Labute approximate surface area is 161 Å². The fraction of sp³-hybridized carbons (Fsp3) is 0.571. The van der Waals surface area contributed by atoms with Gasteiger partial charge >= 0.3 is 0 Å². The van der Waals surface area contributed by atoms with Crippen LogP contribution in [-0.2, 0) is 16.0 Å². The van der Waals surface area contributed by atoms with Crippen LogP contribution in [0.25, 0.3) is 0 Å². The highest BCUT2D eigenvalue weighted by Gasteiger charge is 2.28. The zero-order chi connectivity index (χ0) is 19.6. The molecule has 6 nitrogen and oxygen atoms in total. The van der Waals surface area contributed by atoms with Gasteiger partial charge in [-0.1, -0.05) is 13.8 Å². The maximum atomic E-state index is 12.9. The highest BCUT2D eigenvalue weighted by atomic mass is 16.2. The lowest BCUT2D eigenvalue weighted by Gasteiger charge is -2.36. The zero-order valence-electron chi connectivity index (χ0n) is 16.5. The molecule has 1 fully saturated rings. The van der Waals surface area contributed by atoms with Crippen LogP contribution < -0.4 is 4.90 Å². The number of hydrogen-bond acceptors (Lipinski definition) is 3. The molecule has 146 valence electrons. The Morgan fingerprint density at radius 1 is 1.00 bits per heavy atom. The lowest BCUT2D eigenvalue weighted by Crippen LogP contribution is -2.51. The van der Waals surface area contributed by atoms with Gasteiger partial charge in [-0.3, -0.25) is 14.4 Å². The first-order valence-corrected chi connectivity index (χ1v) is 9.93. The standard InChI is InChI=1S/C21H29N3O3/c1-4-15(5-2)20(26)23-10-12-24(13-11-23)21(27)17-6-8-18-16(14-17)7-9-19(25)22(18)3/h6,8,14-15H,4-5,7,9-13H2,1-3H3. The molecule has 0 N–H and O–H groups in total. The minimum atomic E-state index is 0.00647. The number of nitrogens with zero attached hydrogens (tertiary/aromatic N) is 3. The fourth-order valence-corrected chi connectivity index (χ4v) is 4.00. The van der Waals surface area contributed by atoms with Gasteiger partial charge in [0.1, 0.15) is 0 Å². The van der Waals surface area contributed by atoms with Gasteiger partial charge in [0, 0.05) is 56.8 Å². The number of carbonyl (C=O) groups is 3. The number of benzene rings is 1. The molecule has 0 bridgehead atoms. The molecule has 2 aliphatic heterocycles. The molecule has 3 amide bonds. The van der Waals surface area contributed by atoms with E-state index in [0.29, 0.717) is 44.6 Å². The molecule has 0 unspecified atom stereocenters. The topological polar surface area (TPSA) is 60.9 Å². The van der Waals surface area contributed by atoms with Crippen LogP contribution in [0.1, 0.15) is 49.0 Å². The molecule has 1 aromatic carbocycles. The summed E-state index contributed by atoms with van der Waals surface area (Å²) in [5.74, 6) is 0.424. The molecule has 3 rings (SSSR count). The van der Waals surface area contributed by atoms with Crippen LogP contribution in [0.2, 0.25) is 0 Å². The van der Waals surface area contributed by atoms with Crippen LogP contribution in [0.3, 0.4) is 0 Å². The monoisotopic (exact) mass is 371 g/mol. The molecule has 2 aliphatic rings. The van der Waals surface area contributed by atoms with Gasteiger partial charge in [0.05, 0.1) is 0 Å². The zero-order valence-corrected chi connectivity index (χ0v) is 16.5. The van der Waals surface area contributed by atoms with Crippen molar-refractivity contribution in [3.63, 3.8) is 0 Å². The van der Waals surface area contributed by atoms with Gasteiger partial charge in [-0.05, 0) is 43.0 Å². The largest absolute Gasteiger partial charge is 0.339 e. The normalized spacial score (nSPS) is 17.3. The predicted octanol–water partition coefficient (Wildman–Crippen LogP) is 2.32. The number of hydrogen-bond donors (Lipinski definition) is 0. The number of anilines is 1. The molecular weight excluding hydrogens is 342 g/mol. The molecule has 0 atom stereocenters. The average Bonchev–Trinajstić information content (AvgIpc) is 2.71. The summed E-state index contributed by atoms with van der Waals surface area (Å²) in [5.41, 5.74) is 2.60. The summed E-state index contributed by atoms with van der Waals surface area (Å²) < 4.78 is 0. The van der Waals surface area contributed by atoms with E-state index in [2.05, 4.69) is 0 Å². The maximum absolute atomic E-state index is 12.9. The number of aryl methyl sites for hydroxylation is 1. The van der Waals surface area contributed by atoms with Crippen molar-refractivity contribution in [1.82, 2.24) is 9.80 Å². The summed E-state index contributed by atoms with van der Waals surface area (Å²) in [7, 11) is 1.78. The summed E-state index contributed by atoms with van der Waals surface area (Å²) in [6.07, 6.45) is 2.89. The van der Waals surface area contributed by atoms with Crippen LogP contribution in [0.4, 0.5) is 5.69 Å². The van der Waals surface area contributed by atoms with E-state index in [-0.39, 0.29) is 23.6 Å². The van der Waals surface area contributed by atoms with E-state index in [4.69, 9.17) is 0 Å². The third-order valence-corrected chi connectivity index (χ3v) is 5.88. The second kappa shape index (κ2) is 8.11. The Morgan fingerprint density at radius 2 is 1.63 bits per heavy atom. The van der Waals surface area contributed by atoms with Crippen molar-refractivity contribution in [2.45, 2.75) is 39.5 Å². The molecule has 0 aliphatic carbocycles. The van der Waals surface area contributed by atoms with Crippen molar-refractivity contribution in [3.8, 4) is 0 Å². The van der Waals surface area contributed by atoms with Gasteiger partial charge in [0.2, 0.25) is 11.8 Å². The summed E-state index contributed by atoms with van der Waals surface area (Å²) >= 11 is 0. The summed E-state index contributed by atoms with van der Waals surface area (Å²) in [4.78, 5) is 42.6. The molecular formula is C21H29N3O3. The van der Waals surface area contributed by atoms with Gasteiger partial charge in [0.15, 0.2) is 0 Å². The minimum Gasteiger partial charge on any atom is -0.339 e. The lowest BCUT2D eigenvalue weighted by atomic mass is 9.98. The van der Waals surface area contributed by atoms with Crippen molar-refractivity contribution >= 4 is 23.4 Å². The Bertz CT molecular complexity index is 734. The van der Waals surface area contributed by atoms with Gasteiger partial charge in [-0.15, -0.1) is 0 Å². The van der Waals surface area contributed by atoms with Crippen LogP contribution in [0, 0.1) is 5.92 Å². The van der Waals surface area contributed by atoms with E-state index in [9.17, 15) is 14.4 Å². The number of fused-ring (bicyclic) bond motifs is 1. The Hall–Kier alpha value is -2.37. The van der Waals surface area contributed by atoms with E-state index < -0.39 is 0 Å². The first-order chi connectivity index (χ1) is 13.0. The molecule has 0 aromatic heterocycles. The van der Waals surface area contributed by atoms with E-state index in [0.717, 1.165) is 24.1 Å². The maximum Gasteiger partial charge on any atom is 0.253 e. The first-order valence-electron chi connectivity index (χ1n) is 9.93. The number of carbonyl (C=O) groups excluding carboxylic acids is 3. The minimum absolute atomic E-state index is 0.00647. The highest BCUT2D eigenvalue weighted by molar-refractivity contribution is 5.99. The first kappa shape index (κ1) is 19.4. The fourth-order valence-electron chi connectivity index (χ4n) is 4.00. The number of amides is 3. The summed E-state index contributed by atoms with van der Waals surface area (Å²) in [5, 5.41) is 0. The van der Waals surface area contributed by atoms with Crippen molar-refractivity contribution in [2.24, 2.45) is 5.92 Å². The van der Waals surface area contributed by atoms with Crippen molar-refractivity contribution in [2.75, 3.05) is 38.1 Å². The molecule has 1 aromatic rings. The summed E-state index contributed by atoms with van der Waals surface area (Å²) in [6, 6.07) is 5.59. The molecule has 1 saturated heterocycles. The number of rotatable bonds is 4. The average molecular weight is 371 g/mol. The van der Waals surface area contributed by atoms with Crippen LogP contribution in [0.5, 0.6) is 0 Å². The van der Waals surface area contributed by atoms with Crippen LogP contribution in [0.15, 0.2) is 18.2 Å². The van der Waals surface area contributed by atoms with Crippen molar-refractivity contribution in [1.29, 1.82) is 0 Å². The van der Waals surface area contributed by atoms with E-state index in [1.807, 2.05) is 35.8 Å². The van der Waals surface area contributed by atoms with Crippen LogP contribution >= 0.6 is 0 Å². The third kappa shape index (κ3) is 3.84. The summed E-state index contributed by atoms with van der Waals surface area (Å²) in [6.45, 7) is 6.44. The molecule has 0 spiro atoms. The highest BCUT2D eigenvalue weighted by Crippen LogP contribution is 2.28. The van der Waals surface area contributed by atoms with Gasteiger partial charge in [-0.25, -0.2) is 0 Å². The van der Waals surface area contributed by atoms with E-state index in [1.165, 1.54) is 0 Å². The van der Waals surface area contributed by atoms with Gasteiger partial charge in [-0.2, -0.15) is 0 Å². The molecule has 2 heterocycles. The lowest BCUT2D eigenvalue weighted by molar-refractivity contribution is -0.137. The van der Waals surface area contributed by atoms with Gasteiger partial charge < -0.3 is 14.7 Å². The van der Waals surface area contributed by atoms with Crippen LogP contribution in [-0.4, -0.2) is 60.7 Å². The van der Waals surface area contributed by atoms with Crippen molar-refractivity contribution in [3.05, 3.63) is 29.3 Å². The second-order valence-corrected chi connectivity index (χ2v) is 7.43. The number of piperazine rings is 1. The van der Waals surface area contributed by atoms with E-state index >= 15 is 0 Å².